The van der Waals surface area contributed by atoms with Crippen LogP contribution in [0.3, 0.4) is 0 Å². The van der Waals surface area contributed by atoms with Crippen LogP contribution in [0.2, 0.25) is 0 Å². The Hall–Kier alpha value is -2.36. The fourth-order valence-electron chi connectivity index (χ4n) is 5.48. The molecule has 1 unspecified atom stereocenters. The van der Waals surface area contributed by atoms with Gasteiger partial charge >= 0.3 is 5.97 Å². The zero-order chi connectivity index (χ0) is 27.0. The molecule has 2 aromatic rings. The lowest BCUT2D eigenvalue weighted by atomic mass is 9.85. The second-order valence-electron chi connectivity index (χ2n) is 11.1. The van der Waals surface area contributed by atoms with E-state index in [0.717, 1.165) is 55.6 Å². The molecule has 210 valence electrons. The molecule has 3 rings (SSSR count). The van der Waals surface area contributed by atoms with Crippen LogP contribution in [0, 0.1) is 5.92 Å². The molecule has 1 fully saturated rings. The number of ether oxygens (including phenoxy) is 2. The molecule has 1 aliphatic rings. The van der Waals surface area contributed by atoms with E-state index in [0.29, 0.717) is 17.7 Å². The van der Waals surface area contributed by atoms with E-state index in [2.05, 4.69) is 13.8 Å². The molecule has 0 spiro atoms. The summed E-state index contributed by atoms with van der Waals surface area (Å²) in [7, 11) is 0. The Morgan fingerprint density at radius 1 is 0.789 bits per heavy atom. The van der Waals surface area contributed by atoms with Crippen molar-refractivity contribution in [3.05, 3.63) is 54.1 Å². The van der Waals surface area contributed by atoms with Gasteiger partial charge in [0.15, 0.2) is 0 Å². The lowest BCUT2D eigenvalue weighted by Gasteiger charge is -2.28. The fourth-order valence-corrected chi connectivity index (χ4v) is 5.48. The van der Waals surface area contributed by atoms with E-state index in [1.807, 2.05) is 48.5 Å². The summed E-state index contributed by atoms with van der Waals surface area (Å²) in [5.41, 5.74) is 2.64. The molecule has 1 saturated carbocycles. The molecular formula is C34H49FO3. The van der Waals surface area contributed by atoms with Crippen molar-refractivity contribution in [1.29, 1.82) is 0 Å². The van der Waals surface area contributed by atoms with E-state index in [4.69, 9.17) is 9.47 Å². The van der Waals surface area contributed by atoms with Gasteiger partial charge in [-0.3, -0.25) is 0 Å². The maximum atomic E-state index is 14.2. The molecule has 1 aliphatic carbocycles. The lowest BCUT2D eigenvalue weighted by Crippen LogP contribution is -2.24. The summed E-state index contributed by atoms with van der Waals surface area (Å²) in [6.45, 7) is 4.57. The molecule has 0 bridgehead atoms. The Morgan fingerprint density at radius 3 is 1.97 bits per heavy atom. The van der Waals surface area contributed by atoms with Crippen LogP contribution in [0.5, 0.6) is 5.75 Å². The molecule has 4 heteroatoms. The van der Waals surface area contributed by atoms with E-state index in [-0.39, 0.29) is 18.7 Å². The molecule has 1 atom stereocenters. The van der Waals surface area contributed by atoms with E-state index in [1.54, 1.807) is 0 Å². The van der Waals surface area contributed by atoms with E-state index >= 15 is 0 Å². The van der Waals surface area contributed by atoms with Crippen molar-refractivity contribution in [2.45, 2.75) is 122 Å². The van der Waals surface area contributed by atoms with Crippen LogP contribution in [0.4, 0.5) is 4.39 Å². The molecule has 0 aliphatic heterocycles. The highest BCUT2D eigenvalue weighted by atomic mass is 19.1. The lowest BCUT2D eigenvalue weighted by molar-refractivity contribution is 0.0161. The minimum absolute atomic E-state index is 0.0482. The highest BCUT2D eigenvalue weighted by Crippen LogP contribution is 2.30. The van der Waals surface area contributed by atoms with Gasteiger partial charge < -0.3 is 9.47 Å². The van der Waals surface area contributed by atoms with Crippen LogP contribution in [-0.2, 0) is 4.74 Å². The number of esters is 1. The summed E-state index contributed by atoms with van der Waals surface area (Å²) in [5, 5.41) is 0. The number of rotatable bonds is 17. The summed E-state index contributed by atoms with van der Waals surface area (Å²) in [6, 6.07) is 15.3. The van der Waals surface area contributed by atoms with Crippen LogP contribution >= 0.6 is 0 Å². The van der Waals surface area contributed by atoms with Gasteiger partial charge in [0.05, 0.1) is 5.56 Å². The molecular weight excluding hydrogens is 475 g/mol. The zero-order valence-corrected chi connectivity index (χ0v) is 23.8. The maximum absolute atomic E-state index is 14.2. The van der Waals surface area contributed by atoms with Crippen molar-refractivity contribution in [3.8, 4) is 16.9 Å². The largest absolute Gasteiger partial charge is 0.491 e. The topological polar surface area (TPSA) is 35.5 Å². The second-order valence-corrected chi connectivity index (χ2v) is 11.1. The van der Waals surface area contributed by atoms with E-state index in [1.165, 1.54) is 51.4 Å². The number of carbonyl (C=O) groups is 1. The first-order valence-electron chi connectivity index (χ1n) is 15.3. The first kappa shape index (κ1) is 30.2. The Balaban J connectivity index is 1.35. The summed E-state index contributed by atoms with van der Waals surface area (Å²) >= 11 is 0. The number of alkyl halides is 1. The van der Waals surface area contributed by atoms with Gasteiger partial charge in [0, 0.05) is 0 Å². The van der Waals surface area contributed by atoms with Crippen molar-refractivity contribution < 1.29 is 18.7 Å². The average Bonchev–Trinajstić information content (AvgIpc) is 2.95. The minimum atomic E-state index is -0.923. The number of carbonyl (C=O) groups excluding carboxylic acids is 1. The highest BCUT2D eigenvalue weighted by molar-refractivity contribution is 5.90. The van der Waals surface area contributed by atoms with Crippen LogP contribution in [0.25, 0.3) is 11.1 Å². The summed E-state index contributed by atoms with van der Waals surface area (Å²) in [6.07, 6.45) is 16.2. The predicted octanol–water partition coefficient (Wildman–Crippen LogP) is 10.1. The Labute approximate surface area is 230 Å². The highest BCUT2D eigenvalue weighted by Gasteiger charge is 2.23. The van der Waals surface area contributed by atoms with E-state index in [9.17, 15) is 9.18 Å². The first-order chi connectivity index (χ1) is 18.6. The van der Waals surface area contributed by atoms with Crippen LogP contribution in [0.1, 0.15) is 121 Å². The molecule has 3 nitrogen and oxygen atoms in total. The van der Waals surface area contributed by atoms with Crippen molar-refractivity contribution in [2.24, 2.45) is 5.92 Å². The third-order valence-corrected chi connectivity index (χ3v) is 7.87. The number of unbranched alkanes of at least 4 members (excludes halogenated alkanes) is 7. The van der Waals surface area contributed by atoms with Gasteiger partial charge in [-0.2, -0.15) is 0 Å². The van der Waals surface area contributed by atoms with E-state index < -0.39 is 6.17 Å². The third kappa shape index (κ3) is 10.8. The molecule has 2 aromatic carbocycles. The predicted molar refractivity (Wildman–Crippen MR) is 156 cm³/mol. The summed E-state index contributed by atoms with van der Waals surface area (Å²) in [4.78, 5) is 12.6. The number of hydrogen-bond acceptors (Lipinski definition) is 3. The molecule has 0 heterocycles. The maximum Gasteiger partial charge on any atom is 0.338 e. The van der Waals surface area contributed by atoms with Gasteiger partial charge in [0.2, 0.25) is 0 Å². The zero-order valence-electron chi connectivity index (χ0n) is 23.8. The van der Waals surface area contributed by atoms with Gasteiger partial charge in [-0.1, -0.05) is 102 Å². The van der Waals surface area contributed by atoms with Crippen LogP contribution in [0.15, 0.2) is 48.5 Å². The molecule has 0 aromatic heterocycles. The van der Waals surface area contributed by atoms with Crippen molar-refractivity contribution in [2.75, 3.05) is 6.61 Å². The van der Waals surface area contributed by atoms with Gasteiger partial charge in [0.1, 0.15) is 24.6 Å². The summed E-state index contributed by atoms with van der Waals surface area (Å²) in [5.74, 6) is 1.25. The first-order valence-corrected chi connectivity index (χ1v) is 15.3. The van der Waals surface area contributed by atoms with Crippen LogP contribution < -0.4 is 4.74 Å². The van der Waals surface area contributed by atoms with Gasteiger partial charge in [0.25, 0.3) is 0 Å². The van der Waals surface area contributed by atoms with Gasteiger partial charge in [-0.25, -0.2) is 9.18 Å². The number of hydrogen-bond donors (Lipinski definition) is 0. The standard InChI is InChI=1S/C34H49FO3/c1-3-5-6-7-8-9-10-11-13-31(35)26-37-32-24-20-29(21-25-32)28-16-18-30(19-17-28)34(36)38-33-22-14-27(12-4-2)15-23-33/h16-21,24-25,27,31,33H,3-15,22-23,26H2,1-2H3. The Morgan fingerprint density at radius 2 is 1.37 bits per heavy atom. The second kappa shape index (κ2) is 17.3. The third-order valence-electron chi connectivity index (χ3n) is 7.87. The SMILES string of the molecule is CCCCCCCCCCC(F)COc1ccc(-c2ccc(C(=O)OC3CCC(CCC)CC3)cc2)cc1. The molecule has 0 saturated heterocycles. The fraction of sp³-hybridized carbons (Fsp3) is 0.618. The van der Waals surface area contributed by atoms with Crippen molar-refractivity contribution in [1.82, 2.24) is 0 Å². The Kier molecular flexibility index (Phi) is 13.7. The molecule has 0 N–H and O–H groups in total. The average molecular weight is 525 g/mol. The minimum Gasteiger partial charge on any atom is -0.491 e. The number of halogens is 1. The molecule has 38 heavy (non-hydrogen) atoms. The van der Waals surface area contributed by atoms with Crippen LogP contribution in [-0.4, -0.2) is 24.9 Å². The number of benzene rings is 2. The quantitative estimate of drug-likeness (QED) is 0.152. The van der Waals surface area contributed by atoms with Crippen molar-refractivity contribution in [3.63, 3.8) is 0 Å². The van der Waals surface area contributed by atoms with Gasteiger partial charge in [-0.15, -0.1) is 0 Å². The smallest absolute Gasteiger partial charge is 0.338 e. The van der Waals surface area contributed by atoms with Crippen molar-refractivity contribution >= 4 is 5.97 Å². The summed E-state index contributed by atoms with van der Waals surface area (Å²) < 4.78 is 25.7. The Bertz CT molecular complexity index is 900. The monoisotopic (exact) mass is 524 g/mol. The molecule has 0 radical (unpaired) electrons. The molecule has 0 amide bonds. The van der Waals surface area contributed by atoms with Gasteiger partial charge in [-0.05, 0) is 73.4 Å². The normalized spacial score (nSPS) is 18.2.